The molecule has 0 saturated heterocycles. The maximum absolute atomic E-state index is 3.53. The van der Waals surface area contributed by atoms with Crippen molar-refractivity contribution >= 4 is 0 Å². The zero-order valence-electron chi connectivity index (χ0n) is 11.6. The topological polar surface area (TPSA) is 17.0 Å². The molecule has 1 heterocycles. The summed E-state index contributed by atoms with van der Waals surface area (Å²) < 4.78 is 2.37. The molecule has 0 saturated carbocycles. The van der Waals surface area contributed by atoms with Crippen molar-refractivity contribution in [3.8, 4) is 0 Å². The van der Waals surface area contributed by atoms with Crippen LogP contribution in [0, 0.1) is 19.3 Å². The zero-order valence-corrected chi connectivity index (χ0v) is 11.6. The van der Waals surface area contributed by atoms with E-state index in [2.05, 4.69) is 57.5 Å². The molecular weight excluding hydrogens is 196 g/mol. The Hall–Kier alpha value is -0.760. The molecule has 1 aromatic heterocycles. The van der Waals surface area contributed by atoms with Gasteiger partial charge in [-0.2, -0.15) is 0 Å². The lowest BCUT2D eigenvalue weighted by molar-refractivity contribution is 0.379. The van der Waals surface area contributed by atoms with Crippen molar-refractivity contribution in [1.82, 2.24) is 9.88 Å². The molecule has 0 aliphatic carbocycles. The van der Waals surface area contributed by atoms with Gasteiger partial charge in [0.05, 0.1) is 0 Å². The van der Waals surface area contributed by atoms with E-state index in [4.69, 9.17) is 0 Å². The van der Waals surface area contributed by atoms with Crippen molar-refractivity contribution in [2.45, 2.75) is 54.6 Å². The van der Waals surface area contributed by atoms with Gasteiger partial charge in [0, 0.05) is 31.0 Å². The van der Waals surface area contributed by atoms with Crippen LogP contribution in [0.2, 0.25) is 0 Å². The summed E-state index contributed by atoms with van der Waals surface area (Å²) in [5, 5.41) is 3.53. The molecule has 0 aliphatic heterocycles. The third-order valence-corrected chi connectivity index (χ3v) is 2.97. The average molecular weight is 222 g/mol. The van der Waals surface area contributed by atoms with Crippen LogP contribution in [0.5, 0.6) is 0 Å². The summed E-state index contributed by atoms with van der Waals surface area (Å²) in [5.41, 5.74) is 4.56. The van der Waals surface area contributed by atoms with Crippen LogP contribution in [0.15, 0.2) is 6.07 Å². The molecule has 1 N–H and O–H groups in total. The lowest BCUT2D eigenvalue weighted by Gasteiger charge is -2.18. The van der Waals surface area contributed by atoms with Crippen LogP contribution in [0.1, 0.15) is 44.6 Å². The van der Waals surface area contributed by atoms with Crippen LogP contribution < -0.4 is 5.32 Å². The van der Waals surface area contributed by atoms with Gasteiger partial charge in [0.25, 0.3) is 0 Å². The summed E-state index contributed by atoms with van der Waals surface area (Å²) in [4.78, 5) is 0. The van der Waals surface area contributed by atoms with Crippen molar-refractivity contribution in [2.24, 2.45) is 5.41 Å². The Morgan fingerprint density at radius 2 is 1.88 bits per heavy atom. The van der Waals surface area contributed by atoms with Crippen LogP contribution in [0.25, 0.3) is 0 Å². The van der Waals surface area contributed by atoms with Gasteiger partial charge in [-0.3, -0.25) is 0 Å². The fourth-order valence-electron chi connectivity index (χ4n) is 2.11. The van der Waals surface area contributed by atoms with Gasteiger partial charge >= 0.3 is 0 Å². The van der Waals surface area contributed by atoms with Crippen LogP contribution in [0.4, 0.5) is 0 Å². The minimum absolute atomic E-state index is 0.357. The Bertz CT molecular complexity index is 342. The highest BCUT2D eigenvalue weighted by atomic mass is 15.0. The first-order valence-electron chi connectivity index (χ1n) is 6.21. The summed E-state index contributed by atoms with van der Waals surface area (Å²) in [6.07, 6.45) is 0. The first kappa shape index (κ1) is 13.3. The van der Waals surface area contributed by atoms with Gasteiger partial charge in [-0.1, -0.05) is 20.8 Å². The van der Waals surface area contributed by atoms with E-state index in [1.54, 1.807) is 0 Å². The molecule has 16 heavy (non-hydrogen) atoms. The molecule has 2 heteroatoms. The zero-order chi connectivity index (χ0) is 12.3. The Balaban J connectivity index is 2.61. The van der Waals surface area contributed by atoms with Gasteiger partial charge in [-0.05, 0) is 37.8 Å². The van der Waals surface area contributed by atoms with Gasteiger partial charge in [-0.15, -0.1) is 0 Å². The van der Waals surface area contributed by atoms with Crippen LogP contribution in [0.3, 0.4) is 0 Å². The normalized spacial score (nSPS) is 12.1. The monoisotopic (exact) mass is 222 g/mol. The van der Waals surface area contributed by atoms with Crippen molar-refractivity contribution in [2.75, 3.05) is 6.54 Å². The highest BCUT2D eigenvalue weighted by molar-refractivity contribution is 5.26. The molecule has 0 atom stereocenters. The number of hydrogen-bond donors (Lipinski definition) is 1. The van der Waals surface area contributed by atoms with E-state index in [1.165, 1.54) is 17.0 Å². The van der Waals surface area contributed by atoms with Crippen LogP contribution >= 0.6 is 0 Å². The summed E-state index contributed by atoms with van der Waals surface area (Å²) in [6, 6.07) is 2.30. The number of hydrogen-bond acceptors (Lipinski definition) is 1. The average Bonchev–Trinajstić information content (AvgIpc) is 2.40. The molecule has 0 radical (unpaired) electrons. The van der Waals surface area contributed by atoms with E-state index in [-0.39, 0.29) is 0 Å². The Morgan fingerprint density at radius 3 is 2.31 bits per heavy atom. The molecule has 0 bridgehead atoms. The molecular formula is C14H26N2. The summed E-state index contributed by atoms with van der Waals surface area (Å²) in [6.45, 7) is 16.5. The maximum Gasteiger partial charge on any atom is 0.0223 e. The fraction of sp³-hybridized carbons (Fsp3) is 0.714. The van der Waals surface area contributed by atoms with Crippen LogP contribution in [-0.2, 0) is 13.1 Å². The standard InChI is InChI=1S/C14H26N2/c1-7-16-11(2)8-13(12(16)3)9-15-10-14(4,5)6/h8,15H,7,9-10H2,1-6H3. The molecule has 0 unspecified atom stereocenters. The molecule has 2 nitrogen and oxygen atoms in total. The van der Waals surface area contributed by atoms with Gasteiger partial charge in [0.15, 0.2) is 0 Å². The third kappa shape index (κ3) is 3.38. The largest absolute Gasteiger partial charge is 0.349 e. The smallest absolute Gasteiger partial charge is 0.0223 e. The quantitative estimate of drug-likeness (QED) is 0.827. The lowest BCUT2D eigenvalue weighted by Crippen LogP contribution is -2.26. The van der Waals surface area contributed by atoms with Crippen LogP contribution in [-0.4, -0.2) is 11.1 Å². The molecule has 0 aliphatic rings. The Morgan fingerprint density at radius 1 is 1.25 bits per heavy atom. The van der Waals surface area contributed by atoms with E-state index in [9.17, 15) is 0 Å². The molecule has 92 valence electrons. The van der Waals surface area contributed by atoms with E-state index >= 15 is 0 Å². The predicted molar refractivity (Wildman–Crippen MR) is 70.7 cm³/mol. The SMILES string of the molecule is CCn1c(C)cc(CNCC(C)(C)C)c1C. The molecule has 0 aromatic carbocycles. The predicted octanol–water partition coefficient (Wildman–Crippen LogP) is 3.26. The molecule has 0 fully saturated rings. The number of rotatable bonds is 4. The molecule has 1 aromatic rings. The summed E-state index contributed by atoms with van der Waals surface area (Å²) in [5.74, 6) is 0. The summed E-state index contributed by atoms with van der Waals surface area (Å²) >= 11 is 0. The second kappa shape index (κ2) is 5.05. The van der Waals surface area contributed by atoms with E-state index < -0.39 is 0 Å². The van der Waals surface area contributed by atoms with Gasteiger partial charge < -0.3 is 9.88 Å². The number of aryl methyl sites for hydroxylation is 1. The fourth-order valence-corrected chi connectivity index (χ4v) is 2.11. The number of nitrogens with zero attached hydrogens (tertiary/aromatic N) is 1. The van der Waals surface area contributed by atoms with Crippen molar-refractivity contribution in [3.05, 3.63) is 23.0 Å². The first-order valence-corrected chi connectivity index (χ1v) is 6.21. The van der Waals surface area contributed by atoms with Gasteiger partial charge in [0.1, 0.15) is 0 Å². The summed E-state index contributed by atoms with van der Waals surface area (Å²) in [7, 11) is 0. The van der Waals surface area contributed by atoms with Crippen molar-refractivity contribution in [3.63, 3.8) is 0 Å². The lowest BCUT2D eigenvalue weighted by atomic mass is 9.97. The van der Waals surface area contributed by atoms with Crippen molar-refractivity contribution in [1.29, 1.82) is 0 Å². The minimum Gasteiger partial charge on any atom is -0.349 e. The number of aromatic nitrogens is 1. The second-order valence-electron chi connectivity index (χ2n) is 5.80. The second-order valence-corrected chi connectivity index (χ2v) is 5.80. The van der Waals surface area contributed by atoms with Gasteiger partial charge in [0.2, 0.25) is 0 Å². The Labute approximate surface area is 100 Å². The van der Waals surface area contributed by atoms with E-state index in [0.29, 0.717) is 5.41 Å². The van der Waals surface area contributed by atoms with Gasteiger partial charge in [-0.25, -0.2) is 0 Å². The molecule has 0 spiro atoms. The molecule has 1 rings (SSSR count). The highest BCUT2D eigenvalue weighted by Crippen LogP contribution is 2.16. The van der Waals surface area contributed by atoms with E-state index in [0.717, 1.165) is 19.6 Å². The maximum atomic E-state index is 3.53. The molecule has 0 amide bonds. The Kier molecular flexibility index (Phi) is 4.20. The minimum atomic E-state index is 0.357. The third-order valence-electron chi connectivity index (χ3n) is 2.97. The van der Waals surface area contributed by atoms with Crippen molar-refractivity contribution < 1.29 is 0 Å². The number of nitrogens with one attached hydrogen (secondary N) is 1. The van der Waals surface area contributed by atoms with E-state index in [1.807, 2.05) is 0 Å². The first-order chi connectivity index (χ1) is 7.35. The highest BCUT2D eigenvalue weighted by Gasteiger charge is 2.11.